The van der Waals surface area contributed by atoms with Crippen molar-refractivity contribution < 1.29 is 23.1 Å². The van der Waals surface area contributed by atoms with Crippen LogP contribution in [0.4, 0.5) is 10.1 Å². The summed E-state index contributed by atoms with van der Waals surface area (Å²) >= 11 is 0. The quantitative estimate of drug-likeness (QED) is 0.607. The lowest BCUT2D eigenvalue weighted by Gasteiger charge is -2.36. The molecule has 0 spiro atoms. The van der Waals surface area contributed by atoms with Gasteiger partial charge in [0, 0.05) is 42.7 Å². The Bertz CT molecular complexity index is 1130. The third-order valence-electron chi connectivity index (χ3n) is 5.60. The zero-order valence-electron chi connectivity index (χ0n) is 17.2. The second-order valence-corrected chi connectivity index (χ2v) is 7.42. The number of furan rings is 1. The number of rotatable bonds is 4. The van der Waals surface area contributed by atoms with Gasteiger partial charge in [-0.05, 0) is 50.2 Å². The molecule has 1 aliphatic heterocycles. The maximum Gasteiger partial charge on any atom is 0.290 e. The van der Waals surface area contributed by atoms with Crippen LogP contribution in [0.5, 0.6) is 5.75 Å². The number of carbonyl (C=O) groups is 2. The summed E-state index contributed by atoms with van der Waals surface area (Å²) in [5, 5.41) is 0.851. The molecule has 0 saturated carbocycles. The first-order chi connectivity index (χ1) is 14.4. The van der Waals surface area contributed by atoms with Crippen molar-refractivity contribution in [2.24, 2.45) is 0 Å². The molecule has 1 aromatic heterocycles. The highest BCUT2D eigenvalue weighted by atomic mass is 19.1. The van der Waals surface area contributed by atoms with Gasteiger partial charge in [-0.1, -0.05) is 0 Å². The molecule has 2 heterocycles. The van der Waals surface area contributed by atoms with E-state index >= 15 is 0 Å². The van der Waals surface area contributed by atoms with E-state index in [1.807, 2.05) is 17.9 Å². The van der Waals surface area contributed by atoms with Gasteiger partial charge in [-0.2, -0.15) is 0 Å². The number of halogens is 1. The van der Waals surface area contributed by atoms with Gasteiger partial charge in [0.1, 0.15) is 17.1 Å². The van der Waals surface area contributed by atoms with Crippen LogP contribution in [0.1, 0.15) is 33.4 Å². The first-order valence-electron chi connectivity index (χ1n) is 9.81. The smallest absolute Gasteiger partial charge is 0.290 e. The molecule has 4 rings (SSSR count). The van der Waals surface area contributed by atoms with Crippen molar-refractivity contribution in [1.29, 1.82) is 0 Å². The van der Waals surface area contributed by atoms with Crippen molar-refractivity contribution in [3.63, 3.8) is 0 Å². The molecular weight excluding hydrogens is 387 g/mol. The van der Waals surface area contributed by atoms with Crippen LogP contribution in [0.15, 0.2) is 40.8 Å². The molecular formula is C23H23FN2O4. The fourth-order valence-corrected chi connectivity index (χ4v) is 3.81. The van der Waals surface area contributed by atoms with E-state index in [2.05, 4.69) is 0 Å². The first-order valence-corrected chi connectivity index (χ1v) is 9.81. The number of benzene rings is 2. The van der Waals surface area contributed by atoms with Crippen molar-refractivity contribution in [2.45, 2.75) is 13.8 Å². The lowest BCUT2D eigenvalue weighted by molar-refractivity contribution is 0.0715. The topological polar surface area (TPSA) is 63.0 Å². The van der Waals surface area contributed by atoms with Crippen molar-refractivity contribution >= 4 is 28.3 Å². The minimum atomic E-state index is -0.426. The van der Waals surface area contributed by atoms with Crippen molar-refractivity contribution in [3.05, 3.63) is 59.1 Å². The number of hydrogen-bond donors (Lipinski definition) is 0. The molecule has 0 bridgehead atoms. The number of Topliss-reactive ketones (excluding diaryl/α,β-unsaturated/α-hetero) is 1. The number of aryl methyl sites for hydroxylation is 1. The molecule has 0 aliphatic carbocycles. The van der Waals surface area contributed by atoms with Gasteiger partial charge in [0.05, 0.1) is 12.8 Å². The molecule has 1 saturated heterocycles. The van der Waals surface area contributed by atoms with Gasteiger partial charge in [0.25, 0.3) is 5.91 Å². The highest BCUT2D eigenvalue weighted by Crippen LogP contribution is 2.30. The van der Waals surface area contributed by atoms with Crippen molar-refractivity contribution in [1.82, 2.24) is 4.90 Å². The number of ether oxygens (including phenoxy) is 1. The van der Waals surface area contributed by atoms with Gasteiger partial charge in [-0.15, -0.1) is 0 Å². The van der Waals surface area contributed by atoms with Gasteiger partial charge < -0.3 is 19.0 Å². The Morgan fingerprint density at radius 3 is 2.43 bits per heavy atom. The van der Waals surface area contributed by atoms with Crippen LogP contribution >= 0.6 is 0 Å². The third kappa shape index (κ3) is 3.51. The first kappa shape index (κ1) is 19.9. The summed E-state index contributed by atoms with van der Waals surface area (Å²) in [6.07, 6.45) is 0. The second-order valence-electron chi connectivity index (χ2n) is 7.42. The summed E-state index contributed by atoms with van der Waals surface area (Å²) in [5.41, 5.74) is 2.21. The van der Waals surface area contributed by atoms with E-state index in [-0.39, 0.29) is 11.7 Å². The van der Waals surface area contributed by atoms with Gasteiger partial charge >= 0.3 is 0 Å². The second kappa shape index (κ2) is 7.82. The van der Waals surface area contributed by atoms with Crippen LogP contribution in [0.25, 0.3) is 11.0 Å². The molecule has 7 heteroatoms. The molecule has 30 heavy (non-hydrogen) atoms. The van der Waals surface area contributed by atoms with E-state index in [1.54, 1.807) is 36.3 Å². The van der Waals surface area contributed by atoms with Crippen LogP contribution in [0, 0.1) is 12.7 Å². The summed E-state index contributed by atoms with van der Waals surface area (Å²) in [5.74, 6) is 0.259. The number of methoxy groups -OCH3 is 1. The van der Waals surface area contributed by atoms with Gasteiger partial charge in [0.15, 0.2) is 11.5 Å². The average molecular weight is 410 g/mol. The molecule has 1 aliphatic rings. The minimum Gasteiger partial charge on any atom is -0.497 e. The summed E-state index contributed by atoms with van der Waals surface area (Å²) in [6.45, 7) is 5.17. The fourth-order valence-electron chi connectivity index (χ4n) is 3.81. The van der Waals surface area contributed by atoms with E-state index in [9.17, 15) is 14.0 Å². The average Bonchev–Trinajstić information content (AvgIpc) is 3.09. The molecule has 0 unspecified atom stereocenters. The maximum atomic E-state index is 14.4. The Balaban J connectivity index is 1.49. The van der Waals surface area contributed by atoms with E-state index in [1.165, 1.54) is 13.0 Å². The van der Waals surface area contributed by atoms with E-state index in [0.717, 1.165) is 10.9 Å². The Morgan fingerprint density at radius 2 is 1.80 bits per heavy atom. The predicted molar refractivity (Wildman–Crippen MR) is 112 cm³/mol. The number of nitrogens with zero attached hydrogens (tertiary/aromatic N) is 2. The Morgan fingerprint density at radius 1 is 1.07 bits per heavy atom. The molecule has 1 fully saturated rings. The molecule has 2 aromatic carbocycles. The SMILES string of the molecule is COc1ccc2oc(C(=O)N3CCN(c4ccc(C(C)=O)cc4F)CC3)c(C)c2c1. The largest absolute Gasteiger partial charge is 0.497 e. The Labute approximate surface area is 173 Å². The molecule has 156 valence electrons. The maximum absolute atomic E-state index is 14.4. The standard InChI is InChI=1S/C23H23FN2O4/c1-14-18-13-17(29-3)5-7-21(18)30-22(14)23(28)26-10-8-25(9-11-26)20-6-4-16(15(2)27)12-19(20)24/h4-7,12-13H,8-11H2,1-3H3. The highest BCUT2D eigenvalue weighted by molar-refractivity contribution is 5.99. The van der Waals surface area contributed by atoms with E-state index < -0.39 is 5.82 Å². The van der Waals surface area contributed by atoms with Crippen molar-refractivity contribution in [3.8, 4) is 5.75 Å². The van der Waals surface area contributed by atoms with Crippen LogP contribution in [-0.2, 0) is 0 Å². The Kier molecular flexibility index (Phi) is 5.20. The van der Waals surface area contributed by atoms with Gasteiger partial charge in [0.2, 0.25) is 0 Å². The summed E-state index contributed by atoms with van der Waals surface area (Å²) in [4.78, 5) is 28.1. The molecule has 0 N–H and O–H groups in total. The van der Waals surface area contributed by atoms with Crippen molar-refractivity contribution in [2.75, 3.05) is 38.2 Å². The zero-order chi connectivity index (χ0) is 21.4. The van der Waals surface area contributed by atoms with E-state index in [0.29, 0.717) is 54.5 Å². The summed E-state index contributed by atoms with van der Waals surface area (Å²) in [7, 11) is 1.60. The summed E-state index contributed by atoms with van der Waals surface area (Å²) < 4.78 is 25.5. The Hall–Kier alpha value is -3.35. The van der Waals surface area contributed by atoms with Crippen LogP contribution in [0.3, 0.4) is 0 Å². The van der Waals surface area contributed by atoms with E-state index in [4.69, 9.17) is 9.15 Å². The van der Waals surface area contributed by atoms with Crippen LogP contribution < -0.4 is 9.64 Å². The molecule has 1 amide bonds. The number of fused-ring (bicyclic) bond motifs is 1. The highest BCUT2D eigenvalue weighted by Gasteiger charge is 2.27. The number of ketones is 1. The lowest BCUT2D eigenvalue weighted by Crippen LogP contribution is -2.49. The van der Waals surface area contributed by atoms with Gasteiger partial charge in [-0.25, -0.2) is 4.39 Å². The number of carbonyl (C=O) groups excluding carboxylic acids is 2. The zero-order valence-corrected chi connectivity index (χ0v) is 17.2. The minimum absolute atomic E-state index is 0.172. The number of amides is 1. The molecule has 0 atom stereocenters. The predicted octanol–water partition coefficient (Wildman–Crippen LogP) is 4.05. The number of piperazine rings is 1. The van der Waals surface area contributed by atoms with Crippen LogP contribution in [0.2, 0.25) is 0 Å². The monoisotopic (exact) mass is 410 g/mol. The fraction of sp³-hybridized carbons (Fsp3) is 0.304. The van der Waals surface area contributed by atoms with Gasteiger partial charge in [-0.3, -0.25) is 9.59 Å². The normalized spacial score (nSPS) is 14.3. The molecule has 6 nitrogen and oxygen atoms in total. The van der Waals surface area contributed by atoms with Crippen LogP contribution in [-0.4, -0.2) is 49.9 Å². The lowest BCUT2D eigenvalue weighted by atomic mass is 10.1. The third-order valence-corrected chi connectivity index (χ3v) is 5.60. The molecule has 0 radical (unpaired) electrons. The molecule has 3 aromatic rings. The summed E-state index contributed by atoms with van der Waals surface area (Å²) in [6, 6.07) is 9.97. The number of hydrogen-bond acceptors (Lipinski definition) is 5. The number of anilines is 1.